The summed E-state index contributed by atoms with van der Waals surface area (Å²) in [5.74, 6) is 1.47. The number of aromatic nitrogens is 3. The number of imidazole rings is 1. The maximum Gasteiger partial charge on any atom is 0.251 e. The Morgan fingerprint density at radius 3 is 2.74 bits per heavy atom. The van der Waals surface area contributed by atoms with Gasteiger partial charge < -0.3 is 14.6 Å². The van der Waals surface area contributed by atoms with Gasteiger partial charge in [-0.2, -0.15) is 0 Å². The van der Waals surface area contributed by atoms with Crippen LogP contribution in [0.25, 0.3) is 11.0 Å². The van der Waals surface area contributed by atoms with Crippen LogP contribution in [0, 0.1) is 6.92 Å². The molecular formula is C24H23ClN4O2. The van der Waals surface area contributed by atoms with Crippen molar-refractivity contribution >= 4 is 28.5 Å². The normalized spacial score (nSPS) is 10.9. The number of amides is 1. The predicted molar refractivity (Wildman–Crippen MR) is 121 cm³/mol. The van der Waals surface area contributed by atoms with Crippen molar-refractivity contribution in [2.24, 2.45) is 0 Å². The van der Waals surface area contributed by atoms with E-state index >= 15 is 0 Å². The number of nitrogens with one attached hydrogen (secondary N) is 1. The van der Waals surface area contributed by atoms with Crippen LogP contribution in [0.4, 0.5) is 0 Å². The molecule has 0 fully saturated rings. The molecule has 1 amide bonds. The molecule has 4 aromatic rings. The summed E-state index contributed by atoms with van der Waals surface area (Å²) in [6.45, 7) is 3.59. The summed E-state index contributed by atoms with van der Waals surface area (Å²) in [6, 6.07) is 17.0. The number of nitrogens with zero attached hydrogens (tertiary/aromatic N) is 3. The van der Waals surface area contributed by atoms with E-state index in [0.717, 1.165) is 46.2 Å². The van der Waals surface area contributed by atoms with Gasteiger partial charge in [-0.15, -0.1) is 0 Å². The molecule has 0 aliphatic heterocycles. The lowest BCUT2D eigenvalue weighted by Crippen LogP contribution is -2.25. The number of hydrogen-bond acceptors (Lipinski definition) is 4. The Morgan fingerprint density at radius 1 is 1.13 bits per heavy atom. The lowest BCUT2D eigenvalue weighted by molar-refractivity contribution is 0.0949. The second-order valence-electron chi connectivity index (χ2n) is 7.20. The Bertz CT molecular complexity index is 1190. The molecule has 4 rings (SSSR count). The van der Waals surface area contributed by atoms with Gasteiger partial charge in [-0.3, -0.25) is 9.78 Å². The van der Waals surface area contributed by atoms with Crippen LogP contribution in [0.15, 0.2) is 67.0 Å². The number of ether oxygens (including phenoxy) is 1. The SMILES string of the molecule is Cc1cc(OCCCn2c(CNC(=O)c3ccncc3)nc3ccccc32)ccc1Cl. The maximum absolute atomic E-state index is 12.4. The first-order chi connectivity index (χ1) is 15.1. The number of aryl methyl sites for hydroxylation is 2. The van der Waals surface area contributed by atoms with Crippen molar-refractivity contribution < 1.29 is 9.53 Å². The van der Waals surface area contributed by atoms with Gasteiger partial charge in [0.2, 0.25) is 0 Å². The molecule has 0 bridgehead atoms. The number of halogens is 1. The molecule has 0 saturated carbocycles. The number of carbonyl (C=O) groups excluding carboxylic acids is 1. The van der Waals surface area contributed by atoms with Crippen LogP contribution >= 0.6 is 11.6 Å². The standard InChI is InChI=1S/C24H23ClN4O2/c1-17-15-19(7-8-20(17)25)31-14-4-13-29-22-6-3-2-5-21(22)28-23(29)16-27-24(30)18-9-11-26-12-10-18/h2-3,5-12,15H,4,13-14,16H2,1H3,(H,27,30). The molecule has 6 nitrogen and oxygen atoms in total. The van der Waals surface area contributed by atoms with Crippen LogP contribution in [0.3, 0.4) is 0 Å². The van der Waals surface area contributed by atoms with E-state index < -0.39 is 0 Å². The van der Waals surface area contributed by atoms with Crippen LogP contribution in [0.1, 0.15) is 28.2 Å². The molecule has 2 heterocycles. The number of hydrogen-bond donors (Lipinski definition) is 1. The fourth-order valence-electron chi connectivity index (χ4n) is 3.39. The van der Waals surface area contributed by atoms with Crippen LogP contribution in [0.2, 0.25) is 5.02 Å². The zero-order chi connectivity index (χ0) is 21.6. The van der Waals surface area contributed by atoms with Crippen LogP contribution < -0.4 is 10.1 Å². The summed E-state index contributed by atoms with van der Waals surface area (Å²) < 4.78 is 8.02. The van der Waals surface area contributed by atoms with Crippen molar-refractivity contribution in [1.82, 2.24) is 19.9 Å². The molecular weight excluding hydrogens is 412 g/mol. The van der Waals surface area contributed by atoms with E-state index in [2.05, 4.69) is 14.9 Å². The maximum atomic E-state index is 12.4. The second-order valence-corrected chi connectivity index (χ2v) is 7.61. The molecule has 0 radical (unpaired) electrons. The van der Waals surface area contributed by atoms with E-state index in [1.54, 1.807) is 24.5 Å². The van der Waals surface area contributed by atoms with Gasteiger partial charge in [0.25, 0.3) is 5.91 Å². The highest BCUT2D eigenvalue weighted by Crippen LogP contribution is 2.21. The van der Waals surface area contributed by atoms with Gasteiger partial charge in [-0.1, -0.05) is 23.7 Å². The van der Waals surface area contributed by atoms with E-state index in [1.807, 2.05) is 49.4 Å². The zero-order valence-corrected chi connectivity index (χ0v) is 18.0. The third-order valence-electron chi connectivity index (χ3n) is 5.01. The van der Waals surface area contributed by atoms with E-state index in [4.69, 9.17) is 21.3 Å². The predicted octanol–water partition coefficient (Wildman–Crippen LogP) is 4.79. The summed E-state index contributed by atoms with van der Waals surface area (Å²) >= 11 is 6.07. The Labute approximate surface area is 185 Å². The highest BCUT2D eigenvalue weighted by molar-refractivity contribution is 6.31. The largest absolute Gasteiger partial charge is 0.494 e. The molecule has 31 heavy (non-hydrogen) atoms. The molecule has 2 aromatic heterocycles. The van der Waals surface area contributed by atoms with Crippen molar-refractivity contribution in [3.63, 3.8) is 0 Å². The molecule has 0 aliphatic rings. The minimum atomic E-state index is -0.151. The Hall–Kier alpha value is -3.38. The van der Waals surface area contributed by atoms with Gasteiger partial charge in [-0.05, 0) is 61.4 Å². The third-order valence-corrected chi connectivity index (χ3v) is 5.43. The molecule has 0 aliphatic carbocycles. The summed E-state index contributed by atoms with van der Waals surface area (Å²) in [7, 11) is 0. The topological polar surface area (TPSA) is 69.0 Å². The number of carbonyl (C=O) groups is 1. The number of pyridine rings is 1. The summed E-state index contributed by atoms with van der Waals surface area (Å²) in [5.41, 5.74) is 3.51. The molecule has 0 spiro atoms. The van der Waals surface area contributed by atoms with Crippen LogP contribution in [-0.2, 0) is 13.1 Å². The fourth-order valence-corrected chi connectivity index (χ4v) is 3.51. The van der Waals surface area contributed by atoms with Crippen LogP contribution in [-0.4, -0.2) is 27.0 Å². The zero-order valence-electron chi connectivity index (χ0n) is 17.2. The van der Waals surface area contributed by atoms with Crippen LogP contribution in [0.5, 0.6) is 5.75 Å². The lowest BCUT2D eigenvalue weighted by Gasteiger charge is -2.12. The highest BCUT2D eigenvalue weighted by Gasteiger charge is 2.12. The first-order valence-electron chi connectivity index (χ1n) is 10.1. The van der Waals surface area contributed by atoms with E-state index in [0.29, 0.717) is 18.7 Å². The van der Waals surface area contributed by atoms with Crippen molar-refractivity contribution in [2.75, 3.05) is 6.61 Å². The first kappa shape index (κ1) is 20.9. The van der Waals surface area contributed by atoms with Gasteiger partial charge in [0.1, 0.15) is 11.6 Å². The average Bonchev–Trinajstić information content (AvgIpc) is 3.15. The first-order valence-corrected chi connectivity index (χ1v) is 10.5. The van der Waals surface area contributed by atoms with Gasteiger partial charge >= 0.3 is 0 Å². The molecule has 1 N–H and O–H groups in total. The van der Waals surface area contributed by atoms with Gasteiger partial charge in [-0.25, -0.2) is 4.98 Å². The third kappa shape index (κ3) is 5.03. The second kappa shape index (κ2) is 9.62. The van der Waals surface area contributed by atoms with Crippen molar-refractivity contribution in [3.05, 3.63) is 89.0 Å². The molecule has 2 aromatic carbocycles. The average molecular weight is 435 g/mol. The highest BCUT2D eigenvalue weighted by atomic mass is 35.5. The number of fused-ring (bicyclic) bond motifs is 1. The van der Waals surface area contributed by atoms with Crippen molar-refractivity contribution in [1.29, 1.82) is 0 Å². The minimum Gasteiger partial charge on any atom is -0.494 e. The Kier molecular flexibility index (Phi) is 6.48. The Morgan fingerprint density at radius 2 is 1.94 bits per heavy atom. The monoisotopic (exact) mass is 434 g/mol. The number of para-hydroxylation sites is 2. The van der Waals surface area contributed by atoms with Gasteiger partial charge in [0, 0.05) is 29.5 Å². The molecule has 7 heteroatoms. The summed E-state index contributed by atoms with van der Waals surface area (Å²) in [5, 5.41) is 3.68. The number of rotatable bonds is 8. The van der Waals surface area contributed by atoms with E-state index in [-0.39, 0.29) is 5.91 Å². The molecule has 158 valence electrons. The molecule has 0 atom stereocenters. The van der Waals surface area contributed by atoms with Crippen molar-refractivity contribution in [2.45, 2.75) is 26.4 Å². The number of benzene rings is 2. The minimum absolute atomic E-state index is 0.151. The smallest absolute Gasteiger partial charge is 0.251 e. The molecule has 0 saturated heterocycles. The van der Waals surface area contributed by atoms with Gasteiger partial charge in [0.15, 0.2) is 0 Å². The van der Waals surface area contributed by atoms with Gasteiger partial charge in [0.05, 0.1) is 24.2 Å². The summed E-state index contributed by atoms with van der Waals surface area (Å²) in [4.78, 5) is 21.1. The summed E-state index contributed by atoms with van der Waals surface area (Å²) in [6.07, 6.45) is 4.01. The lowest BCUT2D eigenvalue weighted by atomic mass is 10.2. The van der Waals surface area contributed by atoms with Crippen molar-refractivity contribution in [3.8, 4) is 5.75 Å². The van der Waals surface area contributed by atoms with E-state index in [9.17, 15) is 4.79 Å². The quantitative estimate of drug-likeness (QED) is 0.405. The van der Waals surface area contributed by atoms with E-state index in [1.165, 1.54) is 0 Å². The molecule has 0 unspecified atom stereocenters. The Balaban J connectivity index is 1.42. The fraction of sp³-hybridized carbons (Fsp3) is 0.208.